The molecule has 3 aromatic rings. The summed E-state index contributed by atoms with van der Waals surface area (Å²) in [7, 11) is 0. The number of aromatic nitrogens is 2. The molecule has 2 aromatic carbocycles. The molecule has 2 aliphatic rings. The monoisotopic (exact) mass is 514 g/mol. The van der Waals surface area contributed by atoms with Gasteiger partial charge in [-0.3, -0.25) is 9.69 Å². The third-order valence-electron chi connectivity index (χ3n) is 8.14. The van der Waals surface area contributed by atoms with Crippen LogP contribution in [0, 0.1) is 5.92 Å². The number of hydrogen-bond donors (Lipinski definition) is 0. The molecule has 2 fully saturated rings. The number of para-hydroxylation sites is 1. The van der Waals surface area contributed by atoms with Crippen molar-refractivity contribution >= 4 is 5.69 Å². The Morgan fingerprint density at radius 3 is 2.29 bits per heavy atom. The van der Waals surface area contributed by atoms with E-state index in [9.17, 15) is 4.79 Å². The van der Waals surface area contributed by atoms with Crippen molar-refractivity contribution in [3.63, 3.8) is 0 Å². The lowest BCUT2D eigenvalue weighted by Gasteiger charge is -2.36. The van der Waals surface area contributed by atoms with E-state index in [1.54, 1.807) is 0 Å². The minimum absolute atomic E-state index is 0.170. The first-order valence-electron chi connectivity index (χ1n) is 14.6. The van der Waals surface area contributed by atoms with Crippen molar-refractivity contribution in [1.29, 1.82) is 0 Å². The van der Waals surface area contributed by atoms with E-state index in [1.165, 1.54) is 48.8 Å². The van der Waals surface area contributed by atoms with Gasteiger partial charge in [-0.2, -0.15) is 9.78 Å². The predicted octanol–water partition coefficient (Wildman–Crippen LogP) is 5.73. The van der Waals surface area contributed by atoms with E-state index in [0.29, 0.717) is 12.4 Å². The number of anilines is 1. The van der Waals surface area contributed by atoms with Crippen LogP contribution in [0.2, 0.25) is 0 Å². The highest BCUT2D eigenvalue weighted by Gasteiger charge is 2.23. The molecule has 0 atom stereocenters. The highest BCUT2D eigenvalue weighted by molar-refractivity contribution is 5.57. The first kappa shape index (κ1) is 26.5. The van der Waals surface area contributed by atoms with Gasteiger partial charge in [-0.05, 0) is 55.8 Å². The van der Waals surface area contributed by atoms with Crippen LogP contribution in [0.3, 0.4) is 0 Å². The smallest absolute Gasteiger partial charge is 0.316 e. The van der Waals surface area contributed by atoms with Crippen LogP contribution in [-0.2, 0) is 6.42 Å². The molecule has 0 unspecified atom stereocenters. The van der Waals surface area contributed by atoms with Gasteiger partial charge in [-0.1, -0.05) is 80.6 Å². The SMILES string of the molecule is O=c1c(OCCCC2CCCCC2)c(N2CCN(CCCc3ccccc3)CC2)cnn1-c1ccccc1. The number of benzene rings is 2. The molecule has 0 N–H and O–H groups in total. The Kier molecular flexibility index (Phi) is 9.48. The van der Waals surface area contributed by atoms with Crippen LogP contribution in [0.1, 0.15) is 56.9 Å². The summed E-state index contributed by atoms with van der Waals surface area (Å²) >= 11 is 0. The zero-order chi connectivity index (χ0) is 26.0. The minimum atomic E-state index is -0.170. The van der Waals surface area contributed by atoms with Crippen molar-refractivity contribution in [2.24, 2.45) is 5.92 Å². The fourth-order valence-corrected chi connectivity index (χ4v) is 5.93. The number of ether oxygens (including phenoxy) is 1. The van der Waals surface area contributed by atoms with Gasteiger partial charge in [0.15, 0.2) is 0 Å². The Hall–Kier alpha value is -3.12. The zero-order valence-corrected chi connectivity index (χ0v) is 22.6. The van der Waals surface area contributed by atoms with Crippen LogP contribution < -0.4 is 15.2 Å². The third kappa shape index (κ3) is 7.04. The van der Waals surface area contributed by atoms with Gasteiger partial charge in [0.2, 0.25) is 5.75 Å². The van der Waals surface area contributed by atoms with Gasteiger partial charge in [-0.25, -0.2) is 0 Å². The van der Waals surface area contributed by atoms with Gasteiger partial charge in [0.1, 0.15) is 5.69 Å². The Morgan fingerprint density at radius 2 is 1.55 bits per heavy atom. The lowest BCUT2D eigenvalue weighted by atomic mass is 9.86. The summed E-state index contributed by atoms with van der Waals surface area (Å²) in [6.45, 7) is 5.40. The summed E-state index contributed by atoms with van der Waals surface area (Å²) in [6, 6.07) is 20.4. The maximum atomic E-state index is 13.6. The summed E-state index contributed by atoms with van der Waals surface area (Å²) in [4.78, 5) is 18.4. The molecule has 6 nitrogen and oxygen atoms in total. The van der Waals surface area contributed by atoms with Gasteiger partial charge in [0.25, 0.3) is 0 Å². The van der Waals surface area contributed by atoms with Gasteiger partial charge in [-0.15, -0.1) is 0 Å². The van der Waals surface area contributed by atoms with Gasteiger partial charge in [0.05, 0.1) is 18.5 Å². The number of rotatable bonds is 11. The lowest BCUT2D eigenvalue weighted by Crippen LogP contribution is -2.47. The predicted molar refractivity (Wildman–Crippen MR) is 155 cm³/mol. The molecule has 202 valence electrons. The van der Waals surface area contributed by atoms with Crippen molar-refractivity contribution in [3.05, 3.63) is 82.8 Å². The molecule has 5 rings (SSSR count). The van der Waals surface area contributed by atoms with Crippen molar-refractivity contribution < 1.29 is 4.74 Å². The fraction of sp³-hybridized carbons (Fsp3) is 0.500. The largest absolute Gasteiger partial charge is 0.486 e. The second-order valence-electron chi connectivity index (χ2n) is 10.8. The molecule has 0 spiro atoms. The third-order valence-corrected chi connectivity index (χ3v) is 8.14. The Bertz CT molecular complexity index is 1170. The molecular formula is C32H42N4O2. The number of aryl methyl sites for hydroxylation is 1. The average Bonchev–Trinajstić information content (AvgIpc) is 2.98. The van der Waals surface area contributed by atoms with E-state index in [-0.39, 0.29) is 5.56 Å². The molecule has 1 aliphatic heterocycles. The maximum absolute atomic E-state index is 13.6. The number of hydrogen-bond acceptors (Lipinski definition) is 5. The molecule has 0 radical (unpaired) electrons. The molecule has 38 heavy (non-hydrogen) atoms. The van der Waals surface area contributed by atoms with E-state index >= 15 is 0 Å². The summed E-state index contributed by atoms with van der Waals surface area (Å²) in [5, 5.41) is 4.56. The van der Waals surface area contributed by atoms with Crippen molar-refractivity contribution in [2.75, 3.05) is 44.2 Å². The number of nitrogens with zero attached hydrogens (tertiary/aromatic N) is 4. The van der Waals surface area contributed by atoms with Crippen LogP contribution in [0.5, 0.6) is 5.75 Å². The zero-order valence-electron chi connectivity index (χ0n) is 22.6. The quantitative estimate of drug-likeness (QED) is 0.306. The minimum Gasteiger partial charge on any atom is -0.486 e. The summed E-state index contributed by atoms with van der Waals surface area (Å²) in [5.41, 5.74) is 2.83. The van der Waals surface area contributed by atoms with E-state index in [0.717, 1.165) is 69.3 Å². The van der Waals surface area contributed by atoms with Gasteiger partial charge >= 0.3 is 5.56 Å². The van der Waals surface area contributed by atoms with Crippen LogP contribution in [-0.4, -0.2) is 54.0 Å². The molecular weight excluding hydrogens is 472 g/mol. The highest BCUT2D eigenvalue weighted by Crippen LogP contribution is 2.29. The molecule has 2 heterocycles. The average molecular weight is 515 g/mol. The second kappa shape index (κ2) is 13.6. The molecule has 0 amide bonds. The Labute approximate surface area is 227 Å². The second-order valence-corrected chi connectivity index (χ2v) is 10.8. The summed E-state index contributed by atoms with van der Waals surface area (Å²) in [6.07, 6.45) is 13.1. The van der Waals surface area contributed by atoms with Crippen molar-refractivity contribution in [3.8, 4) is 11.4 Å². The van der Waals surface area contributed by atoms with Gasteiger partial charge in [0, 0.05) is 26.2 Å². The Balaban J connectivity index is 1.22. The van der Waals surface area contributed by atoms with E-state index in [1.807, 2.05) is 36.5 Å². The van der Waals surface area contributed by atoms with Crippen LogP contribution >= 0.6 is 0 Å². The van der Waals surface area contributed by atoms with Gasteiger partial charge < -0.3 is 9.64 Å². The van der Waals surface area contributed by atoms with E-state index in [4.69, 9.17) is 4.74 Å². The molecule has 1 saturated carbocycles. The molecule has 1 saturated heterocycles. The fourth-order valence-electron chi connectivity index (χ4n) is 5.93. The van der Waals surface area contributed by atoms with E-state index < -0.39 is 0 Å². The lowest BCUT2D eigenvalue weighted by molar-refractivity contribution is 0.250. The topological polar surface area (TPSA) is 50.6 Å². The standard InChI is InChI=1S/C32H42N4O2/c37-32-31(38-25-11-17-28-14-6-2-7-15-28)30(26-33-36(32)29-18-8-3-9-19-29)35-23-21-34(22-24-35)20-10-16-27-12-4-1-5-13-27/h1,3-5,8-9,12-13,18-19,26,28H,2,6-7,10-11,14-17,20-25H2. The van der Waals surface area contributed by atoms with Crippen LogP contribution in [0.15, 0.2) is 71.7 Å². The molecule has 1 aliphatic carbocycles. The highest BCUT2D eigenvalue weighted by atomic mass is 16.5. The van der Waals surface area contributed by atoms with Crippen molar-refractivity contribution in [2.45, 2.75) is 57.8 Å². The van der Waals surface area contributed by atoms with E-state index in [2.05, 4.69) is 45.2 Å². The van der Waals surface area contributed by atoms with Crippen LogP contribution in [0.25, 0.3) is 5.69 Å². The first-order valence-corrected chi connectivity index (χ1v) is 14.6. The normalized spacial score (nSPS) is 17.0. The van der Waals surface area contributed by atoms with Crippen LogP contribution in [0.4, 0.5) is 5.69 Å². The summed E-state index contributed by atoms with van der Waals surface area (Å²) < 4.78 is 7.76. The number of piperazine rings is 1. The molecule has 1 aromatic heterocycles. The summed E-state index contributed by atoms with van der Waals surface area (Å²) in [5.74, 6) is 1.27. The Morgan fingerprint density at radius 1 is 0.842 bits per heavy atom. The molecule has 6 heteroatoms. The molecule has 0 bridgehead atoms. The first-order chi connectivity index (χ1) is 18.8. The maximum Gasteiger partial charge on any atom is 0.316 e. The van der Waals surface area contributed by atoms with Crippen molar-refractivity contribution in [1.82, 2.24) is 14.7 Å².